The van der Waals surface area contributed by atoms with Crippen LogP contribution in [-0.4, -0.2) is 19.9 Å². The third-order valence-electron chi connectivity index (χ3n) is 2.84. The van der Waals surface area contributed by atoms with Gasteiger partial charge in [-0.25, -0.2) is 18.1 Å². The van der Waals surface area contributed by atoms with Gasteiger partial charge in [0.05, 0.1) is 10.6 Å². The van der Waals surface area contributed by atoms with Gasteiger partial charge in [0.15, 0.2) is 0 Å². The summed E-state index contributed by atoms with van der Waals surface area (Å²) in [5.74, 6) is 0.729. The maximum Gasteiger partial charge on any atom is 0.261 e. The lowest BCUT2D eigenvalue weighted by atomic mass is 10.3. The molecule has 1 aromatic heterocycles. The lowest BCUT2D eigenvalue weighted by molar-refractivity contribution is 0.431. The van der Waals surface area contributed by atoms with Gasteiger partial charge in [-0.3, -0.25) is 0 Å². The predicted molar refractivity (Wildman–Crippen MR) is 81.8 cm³/mol. The van der Waals surface area contributed by atoms with Crippen LogP contribution in [-0.2, 0) is 10.0 Å². The van der Waals surface area contributed by atoms with Crippen molar-refractivity contribution < 1.29 is 12.8 Å². The lowest BCUT2D eigenvalue weighted by Gasteiger charge is -2.08. The molecule has 1 aromatic carbocycles. The van der Waals surface area contributed by atoms with Crippen LogP contribution in [0.1, 0.15) is 18.4 Å². The van der Waals surface area contributed by atoms with Crippen LogP contribution in [0, 0.1) is 13.8 Å². The maximum absolute atomic E-state index is 12.0. The van der Waals surface area contributed by atoms with Crippen molar-refractivity contribution >= 4 is 27.5 Å². The Morgan fingerprint density at radius 3 is 2.67 bits per heavy atom. The molecule has 0 unspecified atom stereocenters. The highest BCUT2D eigenvalue weighted by atomic mass is 32.2. The number of rotatable bonds is 5. The third kappa shape index (κ3) is 3.58. The fraction of sp³-hybridized carbons (Fsp3) is 0.308. The van der Waals surface area contributed by atoms with E-state index in [1.807, 2.05) is 13.8 Å². The van der Waals surface area contributed by atoms with Gasteiger partial charge in [0.2, 0.25) is 10.0 Å². The Hall–Kier alpha value is -1.51. The van der Waals surface area contributed by atoms with Gasteiger partial charge < -0.3 is 10.2 Å². The Bertz CT molecular complexity index is 735. The molecule has 0 amide bonds. The number of benzene rings is 1. The number of aromatic nitrogens is 1. The van der Waals surface area contributed by atoms with E-state index in [1.54, 1.807) is 13.0 Å². The molecule has 0 saturated heterocycles. The molecule has 0 bridgehead atoms. The Morgan fingerprint density at radius 1 is 1.38 bits per heavy atom. The van der Waals surface area contributed by atoms with Crippen molar-refractivity contribution in [2.45, 2.75) is 35.8 Å². The minimum absolute atomic E-state index is 0.168. The number of sulfonamides is 1. The maximum atomic E-state index is 12.0. The number of anilines is 1. The van der Waals surface area contributed by atoms with Crippen molar-refractivity contribution in [1.29, 1.82) is 0 Å². The molecule has 2 rings (SSSR count). The first-order valence-electron chi connectivity index (χ1n) is 6.34. The summed E-state index contributed by atoms with van der Waals surface area (Å²) in [4.78, 5) is 5.01. The van der Waals surface area contributed by atoms with Crippen LogP contribution >= 0.6 is 11.8 Å². The summed E-state index contributed by atoms with van der Waals surface area (Å²) in [6.45, 7) is 5.72. The molecule has 0 fully saturated rings. The molecule has 21 heavy (non-hydrogen) atoms. The van der Waals surface area contributed by atoms with Crippen molar-refractivity contribution in [2.24, 2.45) is 0 Å². The number of nitrogens with one attached hydrogen (secondary N) is 1. The summed E-state index contributed by atoms with van der Waals surface area (Å²) < 4.78 is 31.9. The number of nitrogen functional groups attached to an aromatic ring is 1. The second-order valence-corrected chi connectivity index (χ2v) is 7.18. The zero-order valence-corrected chi connectivity index (χ0v) is 13.6. The second-order valence-electron chi connectivity index (χ2n) is 4.42. The highest BCUT2D eigenvalue weighted by Crippen LogP contribution is 2.33. The molecule has 0 saturated carbocycles. The minimum Gasteiger partial charge on any atom is -0.436 e. The van der Waals surface area contributed by atoms with E-state index in [4.69, 9.17) is 10.2 Å². The first-order chi connectivity index (χ1) is 9.83. The highest BCUT2D eigenvalue weighted by Gasteiger charge is 2.16. The SMILES string of the molecule is CCNS(=O)(=O)c1ccc(N)c(Sc2nc(C)c(C)o2)c1. The molecule has 6 nitrogen and oxygen atoms in total. The molecule has 0 spiro atoms. The molecule has 1 heterocycles. The molecule has 8 heteroatoms. The largest absolute Gasteiger partial charge is 0.436 e. The van der Waals surface area contributed by atoms with E-state index < -0.39 is 10.0 Å². The van der Waals surface area contributed by atoms with E-state index >= 15 is 0 Å². The molecule has 0 atom stereocenters. The lowest BCUT2D eigenvalue weighted by Crippen LogP contribution is -2.23. The molecular weight excluding hydrogens is 310 g/mol. The van der Waals surface area contributed by atoms with Gasteiger partial charge >= 0.3 is 0 Å². The Kier molecular flexibility index (Phi) is 4.60. The van der Waals surface area contributed by atoms with E-state index in [-0.39, 0.29) is 4.90 Å². The summed E-state index contributed by atoms with van der Waals surface area (Å²) in [6, 6.07) is 4.56. The van der Waals surface area contributed by atoms with Crippen LogP contribution in [0.25, 0.3) is 0 Å². The summed E-state index contributed by atoms with van der Waals surface area (Å²) in [5, 5.41) is 0.440. The normalized spacial score (nSPS) is 11.8. The van der Waals surface area contributed by atoms with Gasteiger partial charge in [-0.15, -0.1) is 0 Å². The number of nitrogens with two attached hydrogens (primary N) is 1. The zero-order chi connectivity index (χ0) is 15.6. The van der Waals surface area contributed by atoms with Crippen molar-refractivity contribution in [3.63, 3.8) is 0 Å². The smallest absolute Gasteiger partial charge is 0.261 e. The molecule has 3 N–H and O–H groups in total. The molecule has 0 aliphatic rings. The average molecular weight is 327 g/mol. The van der Waals surface area contributed by atoms with Crippen LogP contribution in [0.2, 0.25) is 0 Å². The van der Waals surface area contributed by atoms with Gasteiger partial charge in [-0.05, 0) is 43.8 Å². The first-order valence-corrected chi connectivity index (χ1v) is 8.64. The van der Waals surface area contributed by atoms with Crippen molar-refractivity contribution in [1.82, 2.24) is 9.71 Å². The number of nitrogens with zero attached hydrogens (tertiary/aromatic N) is 1. The predicted octanol–water partition coefficient (Wildman–Crippen LogP) is 2.32. The molecule has 0 aliphatic carbocycles. The molecular formula is C13H17N3O3S2. The second kappa shape index (κ2) is 6.08. The van der Waals surface area contributed by atoms with Crippen LogP contribution < -0.4 is 10.5 Å². The van der Waals surface area contributed by atoms with Crippen molar-refractivity contribution in [3.05, 3.63) is 29.7 Å². The van der Waals surface area contributed by atoms with Crippen LogP contribution in [0.15, 0.2) is 37.6 Å². The fourth-order valence-corrected chi connectivity index (χ4v) is 3.68. The standard InChI is InChI=1S/C13H17N3O3S2/c1-4-15-21(17,18)10-5-6-11(14)12(7-10)20-13-16-8(2)9(3)19-13/h5-7,15H,4,14H2,1-3H3. The van der Waals surface area contributed by atoms with Gasteiger partial charge in [0.1, 0.15) is 5.76 Å². The summed E-state index contributed by atoms with van der Waals surface area (Å²) in [5.41, 5.74) is 7.17. The van der Waals surface area contributed by atoms with E-state index in [2.05, 4.69) is 9.71 Å². The number of hydrogen-bond donors (Lipinski definition) is 2. The van der Waals surface area contributed by atoms with Gasteiger partial charge in [-0.2, -0.15) is 0 Å². The van der Waals surface area contributed by atoms with Crippen LogP contribution in [0.5, 0.6) is 0 Å². The quantitative estimate of drug-likeness (QED) is 0.818. The number of hydrogen-bond acceptors (Lipinski definition) is 6. The van der Waals surface area contributed by atoms with Crippen molar-refractivity contribution in [3.8, 4) is 0 Å². The van der Waals surface area contributed by atoms with E-state index in [1.165, 1.54) is 23.9 Å². The Morgan fingerprint density at radius 2 is 2.10 bits per heavy atom. The summed E-state index contributed by atoms with van der Waals surface area (Å²) in [7, 11) is -3.51. The molecule has 0 radical (unpaired) electrons. The van der Waals surface area contributed by atoms with Gasteiger partial charge in [0, 0.05) is 17.1 Å². The topological polar surface area (TPSA) is 98.2 Å². The van der Waals surface area contributed by atoms with E-state index in [9.17, 15) is 8.42 Å². The molecule has 114 valence electrons. The first kappa shape index (κ1) is 15.9. The van der Waals surface area contributed by atoms with Crippen LogP contribution in [0.3, 0.4) is 0 Å². The minimum atomic E-state index is -3.51. The zero-order valence-electron chi connectivity index (χ0n) is 12.0. The fourth-order valence-electron chi connectivity index (χ4n) is 1.62. The Balaban J connectivity index is 2.36. The number of oxazole rings is 1. The molecule has 2 aromatic rings. The van der Waals surface area contributed by atoms with Gasteiger partial charge in [0.25, 0.3) is 5.22 Å². The van der Waals surface area contributed by atoms with E-state index in [0.29, 0.717) is 22.4 Å². The van der Waals surface area contributed by atoms with Crippen molar-refractivity contribution in [2.75, 3.05) is 12.3 Å². The third-order valence-corrected chi connectivity index (χ3v) is 5.30. The summed E-state index contributed by atoms with van der Waals surface area (Å²) in [6.07, 6.45) is 0. The van der Waals surface area contributed by atoms with E-state index in [0.717, 1.165) is 11.5 Å². The van der Waals surface area contributed by atoms with Gasteiger partial charge in [-0.1, -0.05) is 6.92 Å². The van der Waals surface area contributed by atoms with Crippen LogP contribution in [0.4, 0.5) is 5.69 Å². The molecule has 0 aliphatic heterocycles. The Labute approximate surface area is 128 Å². The average Bonchev–Trinajstić information content (AvgIpc) is 2.71. The number of aryl methyl sites for hydroxylation is 2. The summed E-state index contributed by atoms with van der Waals surface area (Å²) >= 11 is 1.20. The monoisotopic (exact) mass is 327 g/mol. The highest BCUT2D eigenvalue weighted by molar-refractivity contribution is 7.99.